The second kappa shape index (κ2) is 6.50. The zero-order chi connectivity index (χ0) is 12.8. The van der Waals surface area contributed by atoms with Crippen LogP contribution in [0.2, 0.25) is 0 Å². The summed E-state index contributed by atoms with van der Waals surface area (Å²) in [6, 6.07) is 0. The molecule has 18 heavy (non-hydrogen) atoms. The minimum Gasteiger partial charge on any atom is -0.351 e. The predicted molar refractivity (Wildman–Crippen MR) is 74.5 cm³/mol. The van der Waals surface area contributed by atoms with E-state index < -0.39 is 0 Å². The average Bonchev–Trinajstić information content (AvgIpc) is 2.40. The molecule has 1 aliphatic rings. The molecule has 4 nitrogen and oxygen atoms in total. The quantitative estimate of drug-likeness (QED) is 0.807. The molecule has 1 N–H and O–H groups in total. The topological polar surface area (TPSA) is 41.1 Å². The monoisotopic (exact) mass is 246 g/mol. The van der Waals surface area contributed by atoms with Gasteiger partial charge >= 0.3 is 0 Å². The minimum atomic E-state index is 0.664. The molecule has 0 radical (unpaired) electrons. The van der Waals surface area contributed by atoms with Gasteiger partial charge in [-0.3, -0.25) is 4.98 Å². The van der Waals surface area contributed by atoms with Gasteiger partial charge in [-0.1, -0.05) is 26.0 Å². The highest BCUT2D eigenvalue weighted by atomic mass is 15.2. The summed E-state index contributed by atoms with van der Waals surface area (Å²) < 4.78 is 0. The standard InChI is InChI=1S/C14H22N4/c1-12(2)8-15-9-13-10-17-14(11-16-13)18-6-4-3-5-7-18/h3-4,10-12,15H,5-9H2,1-2H3. The summed E-state index contributed by atoms with van der Waals surface area (Å²) in [5.74, 6) is 1.64. The van der Waals surface area contributed by atoms with Crippen molar-refractivity contribution in [3.05, 3.63) is 30.2 Å². The summed E-state index contributed by atoms with van der Waals surface area (Å²) >= 11 is 0. The molecule has 0 aromatic carbocycles. The Morgan fingerprint density at radius 2 is 2.17 bits per heavy atom. The number of nitrogens with one attached hydrogen (secondary N) is 1. The van der Waals surface area contributed by atoms with E-state index in [1.807, 2.05) is 12.4 Å². The Morgan fingerprint density at radius 1 is 1.28 bits per heavy atom. The van der Waals surface area contributed by atoms with Crippen LogP contribution in [-0.4, -0.2) is 29.6 Å². The molecular weight excluding hydrogens is 224 g/mol. The summed E-state index contributed by atoms with van der Waals surface area (Å²) in [6.45, 7) is 8.19. The third kappa shape index (κ3) is 3.81. The Kier molecular flexibility index (Phi) is 4.70. The van der Waals surface area contributed by atoms with Crippen LogP contribution in [0.1, 0.15) is 26.0 Å². The van der Waals surface area contributed by atoms with Gasteiger partial charge in [0.2, 0.25) is 0 Å². The molecule has 0 saturated carbocycles. The van der Waals surface area contributed by atoms with Gasteiger partial charge < -0.3 is 10.2 Å². The maximum atomic E-state index is 4.49. The van der Waals surface area contributed by atoms with Crippen LogP contribution in [0.3, 0.4) is 0 Å². The summed E-state index contributed by atoms with van der Waals surface area (Å²) in [5, 5.41) is 3.37. The van der Waals surface area contributed by atoms with Gasteiger partial charge in [0.05, 0.1) is 18.1 Å². The summed E-state index contributed by atoms with van der Waals surface area (Å²) in [7, 11) is 0. The number of nitrogens with zero attached hydrogens (tertiary/aromatic N) is 3. The van der Waals surface area contributed by atoms with Crippen molar-refractivity contribution >= 4 is 5.82 Å². The molecule has 0 saturated heterocycles. The van der Waals surface area contributed by atoms with Gasteiger partial charge in [0.15, 0.2) is 0 Å². The first kappa shape index (κ1) is 13.0. The van der Waals surface area contributed by atoms with Crippen molar-refractivity contribution in [1.82, 2.24) is 15.3 Å². The number of aromatic nitrogens is 2. The molecule has 0 fully saturated rings. The van der Waals surface area contributed by atoms with Crippen LogP contribution in [0.15, 0.2) is 24.5 Å². The lowest BCUT2D eigenvalue weighted by Crippen LogP contribution is -2.28. The fourth-order valence-corrected chi connectivity index (χ4v) is 1.94. The molecule has 0 bridgehead atoms. The van der Waals surface area contributed by atoms with E-state index in [0.29, 0.717) is 5.92 Å². The van der Waals surface area contributed by atoms with Crippen LogP contribution in [0.25, 0.3) is 0 Å². The van der Waals surface area contributed by atoms with Crippen molar-refractivity contribution < 1.29 is 0 Å². The van der Waals surface area contributed by atoms with Crippen LogP contribution in [-0.2, 0) is 6.54 Å². The van der Waals surface area contributed by atoms with Crippen LogP contribution in [0.5, 0.6) is 0 Å². The highest BCUT2D eigenvalue weighted by molar-refractivity contribution is 5.37. The molecule has 98 valence electrons. The van der Waals surface area contributed by atoms with Gasteiger partial charge in [0.1, 0.15) is 5.82 Å². The van der Waals surface area contributed by atoms with E-state index in [9.17, 15) is 0 Å². The molecule has 0 atom stereocenters. The Bertz CT molecular complexity index is 383. The highest BCUT2D eigenvalue weighted by Gasteiger charge is 2.08. The normalized spacial score (nSPS) is 15.4. The fraction of sp³-hybridized carbons (Fsp3) is 0.571. The lowest BCUT2D eigenvalue weighted by atomic mass is 10.2. The summed E-state index contributed by atoms with van der Waals surface area (Å²) in [5.41, 5.74) is 1.01. The maximum absolute atomic E-state index is 4.49. The SMILES string of the molecule is CC(C)CNCc1cnc(N2CC=CCC2)cn1. The van der Waals surface area contributed by atoms with E-state index in [1.165, 1.54) is 0 Å². The third-order valence-electron chi connectivity index (χ3n) is 2.93. The maximum Gasteiger partial charge on any atom is 0.147 e. The second-order valence-corrected chi connectivity index (χ2v) is 5.10. The van der Waals surface area contributed by atoms with Gasteiger partial charge in [0, 0.05) is 19.6 Å². The molecule has 1 aromatic heterocycles. The predicted octanol–water partition coefficient (Wildman–Crippen LogP) is 1.99. The first-order valence-corrected chi connectivity index (χ1v) is 6.67. The fourth-order valence-electron chi connectivity index (χ4n) is 1.94. The van der Waals surface area contributed by atoms with Gasteiger partial charge in [-0.15, -0.1) is 0 Å². The number of hydrogen-bond acceptors (Lipinski definition) is 4. The highest BCUT2D eigenvalue weighted by Crippen LogP contribution is 2.12. The number of anilines is 1. The molecule has 0 amide bonds. The van der Waals surface area contributed by atoms with Gasteiger partial charge in [-0.2, -0.15) is 0 Å². The number of rotatable bonds is 5. The molecule has 2 heterocycles. The van der Waals surface area contributed by atoms with E-state index >= 15 is 0 Å². The van der Waals surface area contributed by atoms with E-state index in [-0.39, 0.29) is 0 Å². The Hall–Kier alpha value is -1.42. The van der Waals surface area contributed by atoms with Crippen molar-refractivity contribution in [2.75, 3.05) is 24.5 Å². The van der Waals surface area contributed by atoms with Crippen LogP contribution in [0, 0.1) is 5.92 Å². The molecule has 0 aliphatic carbocycles. The minimum absolute atomic E-state index is 0.664. The van der Waals surface area contributed by atoms with Gasteiger partial charge in [-0.25, -0.2) is 4.98 Å². The van der Waals surface area contributed by atoms with Crippen molar-refractivity contribution in [3.63, 3.8) is 0 Å². The first-order chi connectivity index (χ1) is 8.75. The van der Waals surface area contributed by atoms with Crippen LogP contribution in [0.4, 0.5) is 5.82 Å². The molecule has 4 heteroatoms. The average molecular weight is 246 g/mol. The molecule has 2 rings (SSSR count). The zero-order valence-electron chi connectivity index (χ0n) is 11.3. The van der Waals surface area contributed by atoms with Crippen molar-refractivity contribution in [1.29, 1.82) is 0 Å². The first-order valence-electron chi connectivity index (χ1n) is 6.67. The molecule has 0 unspecified atom stereocenters. The van der Waals surface area contributed by atoms with E-state index in [1.54, 1.807) is 0 Å². The van der Waals surface area contributed by atoms with Crippen molar-refractivity contribution in [2.24, 2.45) is 5.92 Å². The van der Waals surface area contributed by atoms with E-state index in [0.717, 1.165) is 44.1 Å². The van der Waals surface area contributed by atoms with Crippen LogP contribution >= 0.6 is 0 Å². The Labute approximate surface area is 109 Å². The third-order valence-corrected chi connectivity index (χ3v) is 2.93. The summed E-state index contributed by atoms with van der Waals surface area (Å²) in [4.78, 5) is 11.2. The number of hydrogen-bond donors (Lipinski definition) is 1. The molecular formula is C14H22N4. The largest absolute Gasteiger partial charge is 0.351 e. The molecule has 1 aromatic rings. The van der Waals surface area contributed by atoms with Crippen molar-refractivity contribution in [2.45, 2.75) is 26.8 Å². The zero-order valence-corrected chi connectivity index (χ0v) is 11.3. The van der Waals surface area contributed by atoms with Gasteiger partial charge in [-0.05, 0) is 18.9 Å². The summed E-state index contributed by atoms with van der Waals surface area (Å²) in [6.07, 6.45) is 9.25. The van der Waals surface area contributed by atoms with Crippen molar-refractivity contribution in [3.8, 4) is 0 Å². The van der Waals surface area contributed by atoms with E-state index in [4.69, 9.17) is 0 Å². The molecule has 0 spiro atoms. The molecule has 1 aliphatic heterocycles. The Balaban J connectivity index is 1.87. The lowest BCUT2D eigenvalue weighted by Gasteiger charge is -2.23. The Morgan fingerprint density at radius 3 is 2.78 bits per heavy atom. The lowest BCUT2D eigenvalue weighted by molar-refractivity contribution is 0.547. The van der Waals surface area contributed by atoms with Crippen LogP contribution < -0.4 is 10.2 Å². The second-order valence-electron chi connectivity index (χ2n) is 5.10. The van der Waals surface area contributed by atoms with E-state index in [2.05, 4.69) is 46.2 Å². The smallest absolute Gasteiger partial charge is 0.147 e. The van der Waals surface area contributed by atoms with Gasteiger partial charge in [0.25, 0.3) is 0 Å².